The maximum Gasteiger partial charge on any atom is 0.325 e. The van der Waals surface area contributed by atoms with Crippen LogP contribution in [0.4, 0.5) is 0 Å². The molecule has 5 nitrogen and oxygen atoms in total. The summed E-state index contributed by atoms with van der Waals surface area (Å²) >= 11 is 0. The van der Waals surface area contributed by atoms with Gasteiger partial charge in [0.25, 0.3) is 0 Å². The van der Waals surface area contributed by atoms with Crippen molar-refractivity contribution in [3.05, 3.63) is 12.2 Å². The molecule has 0 aromatic rings. The number of imide groups is 1. The number of hydrogen-bond acceptors (Lipinski definition) is 4. The van der Waals surface area contributed by atoms with Crippen LogP contribution in [0.15, 0.2) is 12.2 Å². The molecular formula is C14H15NO4. The maximum atomic E-state index is 12.4. The summed E-state index contributed by atoms with van der Waals surface area (Å²) in [5, 5.41) is 0. The first-order chi connectivity index (χ1) is 9.13. The number of esters is 1. The van der Waals surface area contributed by atoms with E-state index >= 15 is 0 Å². The highest BCUT2D eigenvalue weighted by Gasteiger charge is 2.67. The van der Waals surface area contributed by atoms with Crippen molar-refractivity contribution in [2.24, 2.45) is 35.5 Å². The number of carbonyl (C=O) groups is 3. The molecule has 19 heavy (non-hydrogen) atoms. The van der Waals surface area contributed by atoms with E-state index in [0.29, 0.717) is 11.8 Å². The van der Waals surface area contributed by atoms with Crippen LogP contribution in [0, 0.1) is 35.5 Å². The quantitative estimate of drug-likeness (QED) is 0.405. The van der Waals surface area contributed by atoms with Gasteiger partial charge < -0.3 is 4.74 Å². The molecule has 0 N–H and O–H groups in total. The Morgan fingerprint density at radius 3 is 2.21 bits per heavy atom. The van der Waals surface area contributed by atoms with Crippen molar-refractivity contribution in [3.8, 4) is 0 Å². The van der Waals surface area contributed by atoms with Crippen LogP contribution in [0.2, 0.25) is 0 Å². The molecule has 5 heteroatoms. The molecule has 1 aliphatic heterocycles. The normalized spacial score (nSPS) is 45.2. The summed E-state index contributed by atoms with van der Waals surface area (Å²) in [4.78, 5) is 37.3. The van der Waals surface area contributed by atoms with Crippen molar-refractivity contribution in [2.75, 3.05) is 13.7 Å². The second kappa shape index (κ2) is 3.46. The number of methoxy groups -OCH3 is 1. The summed E-state index contributed by atoms with van der Waals surface area (Å²) in [7, 11) is 1.26. The molecule has 0 aromatic heterocycles. The molecule has 2 bridgehead atoms. The van der Waals surface area contributed by atoms with Gasteiger partial charge in [0.05, 0.1) is 18.9 Å². The SMILES string of the molecule is COC(=O)CN1C(=O)[C@@H]2[C@H]3C=C[C@@H]([C@@H]4C[C@@H]34)[C@@H]2C1=O. The summed E-state index contributed by atoms with van der Waals surface area (Å²) < 4.78 is 4.56. The van der Waals surface area contributed by atoms with Gasteiger partial charge in [-0.1, -0.05) is 12.2 Å². The highest BCUT2D eigenvalue weighted by molar-refractivity contribution is 6.07. The molecule has 100 valence electrons. The lowest BCUT2D eigenvalue weighted by Crippen LogP contribution is -2.40. The van der Waals surface area contributed by atoms with Crippen LogP contribution in [0.1, 0.15) is 6.42 Å². The number of hydrogen-bond donors (Lipinski definition) is 0. The molecule has 0 aromatic carbocycles. The number of carbonyl (C=O) groups excluding carboxylic acids is 3. The van der Waals surface area contributed by atoms with Gasteiger partial charge in [0, 0.05) is 0 Å². The Bertz CT molecular complexity index is 490. The number of ether oxygens (including phenoxy) is 1. The summed E-state index contributed by atoms with van der Waals surface area (Å²) in [6.45, 7) is -0.240. The summed E-state index contributed by atoms with van der Waals surface area (Å²) in [6.07, 6.45) is 5.38. The van der Waals surface area contributed by atoms with Gasteiger partial charge in [0.2, 0.25) is 11.8 Å². The van der Waals surface area contributed by atoms with Crippen LogP contribution in [0.5, 0.6) is 0 Å². The van der Waals surface area contributed by atoms with E-state index < -0.39 is 5.97 Å². The minimum absolute atomic E-state index is 0.176. The zero-order valence-electron chi connectivity index (χ0n) is 10.6. The second-order valence-corrected chi connectivity index (χ2v) is 5.99. The molecule has 0 unspecified atom stereocenters. The fourth-order valence-corrected chi connectivity index (χ4v) is 4.37. The molecule has 1 saturated heterocycles. The van der Waals surface area contributed by atoms with E-state index in [2.05, 4.69) is 16.9 Å². The average molecular weight is 261 g/mol. The lowest BCUT2D eigenvalue weighted by atomic mass is 9.63. The van der Waals surface area contributed by atoms with E-state index in [1.54, 1.807) is 0 Å². The van der Waals surface area contributed by atoms with Gasteiger partial charge in [0.15, 0.2) is 0 Å². The smallest absolute Gasteiger partial charge is 0.325 e. The first kappa shape index (κ1) is 11.2. The fraction of sp³-hybridized carbons (Fsp3) is 0.643. The molecule has 0 radical (unpaired) electrons. The van der Waals surface area contributed by atoms with E-state index in [4.69, 9.17) is 0 Å². The maximum absolute atomic E-state index is 12.4. The van der Waals surface area contributed by atoms with Gasteiger partial charge in [-0.25, -0.2) is 0 Å². The molecule has 2 amide bonds. The lowest BCUT2D eigenvalue weighted by molar-refractivity contribution is -0.151. The Hall–Kier alpha value is -1.65. The molecule has 5 rings (SSSR count). The first-order valence-corrected chi connectivity index (χ1v) is 6.74. The van der Waals surface area contributed by atoms with Crippen LogP contribution in [0.3, 0.4) is 0 Å². The van der Waals surface area contributed by atoms with E-state index in [1.165, 1.54) is 7.11 Å². The Morgan fingerprint density at radius 2 is 1.74 bits per heavy atom. The number of rotatable bonds is 2. The van der Waals surface area contributed by atoms with Crippen molar-refractivity contribution in [1.29, 1.82) is 0 Å². The number of amides is 2. The van der Waals surface area contributed by atoms with Crippen LogP contribution < -0.4 is 0 Å². The Kier molecular flexibility index (Phi) is 2.04. The van der Waals surface area contributed by atoms with E-state index in [9.17, 15) is 14.4 Å². The minimum atomic E-state index is -0.536. The van der Waals surface area contributed by atoms with E-state index in [1.807, 2.05) is 0 Å². The van der Waals surface area contributed by atoms with Crippen LogP contribution in [-0.4, -0.2) is 36.3 Å². The van der Waals surface area contributed by atoms with Gasteiger partial charge in [0.1, 0.15) is 6.54 Å². The molecular weight excluding hydrogens is 246 g/mol. The van der Waals surface area contributed by atoms with Crippen LogP contribution in [-0.2, 0) is 19.1 Å². The van der Waals surface area contributed by atoms with E-state index in [-0.39, 0.29) is 42.0 Å². The van der Waals surface area contributed by atoms with Gasteiger partial charge in [-0.3, -0.25) is 19.3 Å². The Morgan fingerprint density at radius 1 is 1.21 bits per heavy atom. The molecule has 0 spiro atoms. The monoisotopic (exact) mass is 261 g/mol. The van der Waals surface area contributed by atoms with Crippen molar-refractivity contribution in [3.63, 3.8) is 0 Å². The molecule has 1 heterocycles. The van der Waals surface area contributed by atoms with E-state index in [0.717, 1.165) is 11.3 Å². The zero-order valence-corrected chi connectivity index (χ0v) is 10.6. The van der Waals surface area contributed by atoms with Crippen molar-refractivity contribution in [2.45, 2.75) is 6.42 Å². The third kappa shape index (κ3) is 1.28. The van der Waals surface area contributed by atoms with Crippen molar-refractivity contribution in [1.82, 2.24) is 4.90 Å². The first-order valence-electron chi connectivity index (χ1n) is 6.74. The largest absolute Gasteiger partial charge is 0.468 e. The predicted molar refractivity (Wildman–Crippen MR) is 63.4 cm³/mol. The zero-order chi connectivity index (χ0) is 13.3. The minimum Gasteiger partial charge on any atom is -0.468 e. The average Bonchev–Trinajstić information content (AvgIpc) is 3.20. The third-order valence-electron chi connectivity index (χ3n) is 5.27. The molecule has 2 saturated carbocycles. The Labute approximate surface area is 110 Å². The van der Waals surface area contributed by atoms with Crippen LogP contribution in [0.25, 0.3) is 0 Å². The highest BCUT2D eigenvalue weighted by Crippen LogP contribution is 2.65. The topological polar surface area (TPSA) is 63.7 Å². The molecule has 6 atom stereocenters. The number of allylic oxidation sites excluding steroid dienone is 2. The standard InChI is InChI=1S/C14H15NO4/c1-19-10(16)5-15-13(17)11-6-2-3-7(9-4-8(6)9)12(11)14(15)18/h2-3,6-9,11-12H,4-5H2,1H3/t6-,7-,8-,9-,11-,12+/m0/s1. The van der Waals surface area contributed by atoms with Gasteiger partial charge in [-0.15, -0.1) is 0 Å². The molecule has 5 aliphatic rings. The number of nitrogens with zero attached hydrogens (tertiary/aromatic N) is 1. The fourth-order valence-electron chi connectivity index (χ4n) is 4.37. The summed E-state index contributed by atoms with van der Waals surface area (Å²) in [5.74, 6) is 0.253. The third-order valence-corrected chi connectivity index (χ3v) is 5.27. The van der Waals surface area contributed by atoms with Gasteiger partial charge in [-0.05, 0) is 30.1 Å². The second-order valence-electron chi connectivity index (χ2n) is 5.99. The number of likely N-dealkylation sites (tertiary alicyclic amines) is 1. The predicted octanol–water partition coefficient (Wildman–Crippen LogP) is 0.212. The van der Waals surface area contributed by atoms with Gasteiger partial charge >= 0.3 is 5.97 Å². The summed E-state index contributed by atoms with van der Waals surface area (Å²) in [5.41, 5.74) is 0. The molecule has 3 fully saturated rings. The van der Waals surface area contributed by atoms with Gasteiger partial charge in [-0.2, -0.15) is 0 Å². The summed E-state index contributed by atoms with van der Waals surface area (Å²) in [6, 6.07) is 0. The Balaban J connectivity index is 1.66. The van der Waals surface area contributed by atoms with Crippen LogP contribution >= 0.6 is 0 Å². The van der Waals surface area contributed by atoms with Crippen molar-refractivity contribution >= 4 is 17.8 Å². The lowest BCUT2D eigenvalue weighted by Gasteiger charge is -2.37. The van der Waals surface area contributed by atoms with Crippen molar-refractivity contribution < 1.29 is 19.1 Å². The molecule has 4 aliphatic carbocycles. The highest BCUT2D eigenvalue weighted by atomic mass is 16.5.